The highest BCUT2D eigenvalue weighted by Crippen LogP contribution is 2.29. The molecule has 1 aromatic rings. The van der Waals surface area contributed by atoms with Crippen molar-refractivity contribution in [1.29, 1.82) is 0 Å². The van der Waals surface area contributed by atoms with Gasteiger partial charge in [0.15, 0.2) is 6.04 Å². The second-order valence-corrected chi connectivity index (χ2v) is 6.50. The lowest BCUT2D eigenvalue weighted by Crippen LogP contribution is -2.46. The minimum Gasteiger partial charge on any atom is -0.497 e. The van der Waals surface area contributed by atoms with Gasteiger partial charge >= 0.3 is 12.1 Å². The molecule has 2 N–H and O–H groups in total. The molecule has 0 saturated carbocycles. The van der Waals surface area contributed by atoms with Gasteiger partial charge in [-0.2, -0.15) is 0 Å². The van der Waals surface area contributed by atoms with E-state index in [2.05, 4.69) is 21.2 Å². The first-order valence-corrected chi connectivity index (χ1v) is 7.60. The van der Waals surface area contributed by atoms with Crippen LogP contribution in [0, 0.1) is 0 Å². The maximum Gasteiger partial charge on any atom is 0.408 e. The lowest BCUT2D eigenvalue weighted by Gasteiger charge is -2.22. The molecular weight excluding hydrogens is 370 g/mol. The predicted octanol–water partition coefficient (Wildman–Crippen LogP) is 2.81. The Morgan fingerprint density at radius 3 is 2.48 bits per heavy atom. The number of carbonyl (C=O) groups is 2. The van der Waals surface area contributed by atoms with E-state index in [-0.39, 0.29) is 6.61 Å². The molecule has 0 aliphatic heterocycles. The van der Waals surface area contributed by atoms with Crippen molar-refractivity contribution in [2.24, 2.45) is 0 Å². The quantitative estimate of drug-likeness (QED) is 0.776. The van der Waals surface area contributed by atoms with Crippen molar-refractivity contribution < 1.29 is 28.9 Å². The molecule has 1 aromatic carbocycles. The molecule has 0 heterocycles. The summed E-state index contributed by atoms with van der Waals surface area (Å²) in [4.78, 5) is 22.9. The van der Waals surface area contributed by atoms with Crippen molar-refractivity contribution >= 4 is 28.0 Å². The van der Waals surface area contributed by atoms with Crippen LogP contribution in [0.5, 0.6) is 11.5 Å². The molecule has 0 aliphatic rings. The standard InChI is InChI=1S/C15H20BrNO6/c1-15(2,3)23-14(20)17-11(13(18)19)8-22-12-6-5-9(21-4)7-10(12)16/h5-7,11H,8H2,1-4H3,(H,17,20)(H,18,19)/t11-/m0/s1. The Morgan fingerprint density at radius 2 is 2.00 bits per heavy atom. The SMILES string of the molecule is COc1ccc(OC[C@H](NC(=O)OC(C)(C)C)C(=O)O)c(Br)c1. The van der Waals surface area contributed by atoms with Crippen molar-refractivity contribution in [2.45, 2.75) is 32.4 Å². The summed E-state index contributed by atoms with van der Waals surface area (Å²) in [6.07, 6.45) is -0.817. The monoisotopic (exact) mass is 389 g/mol. The van der Waals surface area contributed by atoms with E-state index >= 15 is 0 Å². The molecule has 128 valence electrons. The molecule has 0 spiro atoms. The Balaban J connectivity index is 2.67. The first kappa shape index (κ1) is 19.1. The number of benzene rings is 1. The number of methoxy groups -OCH3 is 1. The first-order chi connectivity index (χ1) is 10.6. The van der Waals surface area contributed by atoms with Gasteiger partial charge in [-0.15, -0.1) is 0 Å². The molecule has 0 unspecified atom stereocenters. The maximum absolute atomic E-state index is 11.7. The Labute approximate surface area is 143 Å². The summed E-state index contributed by atoms with van der Waals surface area (Å²) in [5.41, 5.74) is -0.715. The number of carboxylic acid groups (broad SMARTS) is 1. The third-order valence-electron chi connectivity index (χ3n) is 2.53. The highest BCUT2D eigenvalue weighted by molar-refractivity contribution is 9.10. The average molecular weight is 390 g/mol. The molecular formula is C15H20BrNO6. The van der Waals surface area contributed by atoms with E-state index in [0.717, 1.165) is 0 Å². The van der Waals surface area contributed by atoms with Crippen LogP contribution in [0.15, 0.2) is 22.7 Å². The minimum absolute atomic E-state index is 0.250. The topological polar surface area (TPSA) is 94.1 Å². The molecule has 1 rings (SSSR count). The number of carbonyl (C=O) groups excluding carboxylic acids is 1. The summed E-state index contributed by atoms with van der Waals surface area (Å²) >= 11 is 3.30. The van der Waals surface area contributed by atoms with Gasteiger partial charge < -0.3 is 24.6 Å². The fraction of sp³-hybridized carbons (Fsp3) is 0.467. The Morgan fingerprint density at radius 1 is 1.35 bits per heavy atom. The van der Waals surface area contributed by atoms with Gasteiger partial charge in [0, 0.05) is 0 Å². The van der Waals surface area contributed by atoms with Gasteiger partial charge in [0.1, 0.15) is 23.7 Å². The first-order valence-electron chi connectivity index (χ1n) is 6.81. The molecule has 0 radical (unpaired) electrons. The highest BCUT2D eigenvalue weighted by Gasteiger charge is 2.24. The van der Waals surface area contributed by atoms with Crippen LogP contribution in [0.25, 0.3) is 0 Å². The normalized spacial score (nSPS) is 12.2. The van der Waals surface area contributed by atoms with E-state index < -0.39 is 23.7 Å². The zero-order valence-corrected chi connectivity index (χ0v) is 15.0. The van der Waals surface area contributed by atoms with Crippen LogP contribution in [0.2, 0.25) is 0 Å². The number of amides is 1. The van der Waals surface area contributed by atoms with Gasteiger partial charge in [-0.1, -0.05) is 0 Å². The van der Waals surface area contributed by atoms with Gasteiger partial charge in [-0.05, 0) is 54.9 Å². The fourth-order valence-electron chi connectivity index (χ4n) is 1.52. The third-order valence-corrected chi connectivity index (χ3v) is 3.15. The van der Waals surface area contributed by atoms with Crippen LogP contribution in [-0.2, 0) is 9.53 Å². The number of hydrogen-bond donors (Lipinski definition) is 2. The Hall–Kier alpha value is -1.96. The van der Waals surface area contributed by atoms with Crippen molar-refractivity contribution in [3.05, 3.63) is 22.7 Å². The lowest BCUT2D eigenvalue weighted by molar-refractivity contribution is -0.140. The average Bonchev–Trinajstić information content (AvgIpc) is 2.42. The van der Waals surface area contributed by atoms with Gasteiger partial charge in [-0.25, -0.2) is 9.59 Å². The van der Waals surface area contributed by atoms with E-state index in [1.165, 1.54) is 7.11 Å². The van der Waals surface area contributed by atoms with E-state index in [9.17, 15) is 9.59 Å². The molecule has 0 aromatic heterocycles. The Bertz CT molecular complexity index is 570. The minimum atomic E-state index is -1.24. The molecule has 0 aliphatic carbocycles. The summed E-state index contributed by atoms with van der Waals surface area (Å²) in [6, 6.07) is 3.76. The summed E-state index contributed by atoms with van der Waals surface area (Å²) in [7, 11) is 1.54. The molecule has 0 bridgehead atoms. The second-order valence-electron chi connectivity index (χ2n) is 5.64. The fourth-order valence-corrected chi connectivity index (χ4v) is 2.00. The number of aliphatic carboxylic acids is 1. The summed E-state index contributed by atoms with van der Waals surface area (Å²) in [5, 5.41) is 11.4. The summed E-state index contributed by atoms with van der Waals surface area (Å²) < 4.78 is 16.1. The molecule has 8 heteroatoms. The van der Waals surface area contributed by atoms with Gasteiger partial charge in [0.25, 0.3) is 0 Å². The highest BCUT2D eigenvalue weighted by atomic mass is 79.9. The van der Waals surface area contributed by atoms with Crippen molar-refractivity contribution in [3.8, 4) is 11.5 Å². The Kier molecular flexibility index (Phi) is 6.68. The molecule has 23 heavy (non-hydrogen) atoms. The van der Waals surface area contributed by atoms with Gasteiger partial charge in [0.05, 0.1) is 11.6 Å². The van der Waals surface area contributed by atoms with Crippen LogP contribution in [0.4, 0.5) is 4.79 Å². The lowest BCUT2D eigenvalue weighted by atomic mass is 10.2. The number of halogens is 1. The molecule has 1 amide bonds. The zero-order valence-electron chi connectivity index (χ0n) is 13.4. The van der Waals surface area contributed by atoms with E-state index in [4.69, 9.17) is 19.3 Å². The van der Waals surface area contributed by atoms with E-state index in [0.29, 0.717) is 16.0 Å². The van der Waals surface area contributed by atoms with Crippen LogP contribution in [0.1, 0.15) is 20.8 Å². The molecule has 7 nitrogen and oxygen atoms in total. The van der Waals surface area contributed by atoms with Crippen LogP contribution in [-0.4, -0.2) is 42.5 Å². The number of hydrogen-bond acceptors (Lipinski definition) is 5. The summed E-state index contributed by atoms with van der Waals surface area (Å²) in [5.74, 6) is -0.158. The van der Waals surface area contributed by atoms with E-state index in [1.54, 1.807) is 39.0 Å². The van der Waals surface area contributed by atoms with Gasteiger partial charge in [0.2, 0.25) is 0 Å². The number of carboxylic acids is 1. The van der Waals surface area contributed by atoms with Crippen molar-refractivity contribution in [3.63, 3.8) is 0 Å². The number of rotatable bonds is 6. The third kappa shape index (κ3) is 6.77. The number of alkyl carbamates (subject to hydrolysis) is 1. The zero-order chi connectivity index (χ0) is 17.6. The van der Waals surface area contributed by atoms with Crippen molar-refractivity contribution in [2.75, 3.05) is 13.7 Å². The second kappa shape index (κ2) is 8.05. The maximum atomic E-state index is 11.7. The van der Waals surface area contributed by atoms with Crippen LogP contribution < -0.4 is 14.8 Å². The predicted molar refractivity (Wildman–Crippen MR) is 87.0 cm³/mol. The van der Waals surface area contributed by atoms with Crippen LogP contribution >= 0.6 is 15.9 Å². The molecule has 1 atom stereocenters. The largest absolute Gasteiger partial charge is 0.497 e. The summed E-state index contributed by atoms with van der Waals surface area (Å²) in [6.45, 7) is 4.81. The smallest absolute Gasteiger partial charge is 0.408 e. The van der Waals surface area contributed by atoms with Gasteiger partial charge in [-0.3, -0.25) is 0 Å². The number of ether oxygens (including phenoxy) is 3. The van der Waals surface area contributed by atoms with Crippen LogP contribution in [0.3, 0.4) is 0 Å². The number of nitrogens with one attached hydrogen (secondary N) is 1. The van der Waals surface area contributed by atoms with Crippen molar-refractivity contribution in [1.82, 2.24) is 5.32 Å². The van der Waals surface area contributed by atoms with E-state index in [1.807, 2.05) is 0 Å². The molecule has 0 fully saturated rings. The molecule has 0 saturated heterocycles.